The van der Waals surface area contributed by atoms with Crippen molar-refractivity contribution in [3.05, 3.63) is 0 Å². The van der Waals surface area contributed by atoms with E-state index in [0.29, 0.717) is 0 Å². The molecule has 0 heterocycles. The zero-order chi connectivity index (χ0) is 8.95. The Morgan fingerprint density at radius 2 is 1.73 bits per heavy atom. The Balaban J connectivity index is 0. The lowest BCUT2D eigenvalue weighted by molar-refractivity contribution is -0.122. The summed E-state index contributed by atoms with van der Waals surface area (Å²) in [4.78, 5) is 8.36. The molecule has 0 aliphatic rings. The molecule has 0 spiro atoms. The monoisotopic (exact) mass is 161 g/mol. The molecule has 3 N–H and O–H groups in total. The van der Waals surface area contributed by atoms with Crippen LogP contribution in [0.4, 0.5) is 0 Å². The molecule has 11 heavy (non-hydrogen) atoms. The average molecular weight is 161 g/mol. The highest BCUT2D eigenvalue weighted by Gasteiger charge is 1.83. The zero-order valence-electron chi connectivity index (χ0n) is 7.25. The van der Waals surface area contributed by atoms with Gasteiger partial charge in [-0.2, -0.15) is 0 Å². The Kier molecular flexibility index (Phi) is 19.2. The van der Waals surface area contributed by atoms with E-state index in [4.69, 9.17) is 15.6 Å². The predicted octanol–water partition coefficient (Wildman–Crippen LogP) is 1.62. The molecular weight excluding hydrogens is 142 g/mol. The summed E-state index contributed by atoms with van der Waals surface area (Å²) >= 11 is 0. The molecular formula is C8H19NO2. The Morgan fingerprint density at radius 3 is 2.09 bits per heavy atom. The summed E-state index contributed by atoms with van der Waals surface area (Å²) in [5.74, 6) is 0. The minimum Gasteiger partial charge on any atom is -0.483 e. The van der Waals surface area contributed by atoms with Crippen molar-refractivity contribution in [2.24, 2.45) is 5.73 Å². The SMILES string of the molecule is CCCCCCCN.O=CO. The number of unbranched alkanes of at least 4 members (excludes halogenated alkanes) is 4. The second-order valence-corrected chi connectivity index (χ2v) is 2.31. The van der Waals surface area contributed by atoms with E-state index in [1.165, 1.54) is 32.1 Å². The van der Waals surface area contributed by atoms with Crippen molar-refractivity contribution in [1.82, 2.24) is 0 Å². The van der Waals surface area contributed by atoms with Crippen LogP contribution in [0.2, 0.25) is 0 Å². The standard InChI is InChI=1S/C7H17N.CH2O2/c1-2-3-4-5-6-7-8;2-1-3/h2-8H2,1H3;1H,(H,2,3). The molecule has 68 valence electrons. The minimum atomic E-state index is -0.250. The third-order valence-corrected chi connectivity index (χ3v) is 1.31. The fourth-order valence-corrected chi connectivity index (χ4v) is 0.748. The summed E-state index contributed by atoms with van der Waals surface area (Å²) in [5, 5.41) is 6.89. The molecule has 0 aromatic rings. The summed E-state index contributed by atoms with van der Waals surface area (Å²) in [5.41, 5.74) is 5.31. The van der Waals surface area contributed by atoms with Crippen LogP contribution in [0.15, 0.2) is 0 Å². The van der Waals surface area contributed by atoms with Gasteiger partial charge in [-0.25, -0.2) is 0 Å². The van der Waals surface area contributed by atoms with Crippen molar-refractivity contribution in [1.29, 1.82) is 0 Å². The average Bonchev–Trinajstić information content (AvgIpc) is 2.00. The first-order chi connectivity index (χ1) is 5.33. The quantitative estimate of drug-likeness (QED) is 0.475. The van der Waals surface area contributed by atoms with Crippen molar-refractivity contribution in [2.45, 2.75) is 39.0 Å². The van der Waals surface area contributed by atoms with Crippen LogP contribution >= 0.6 is 0 Å². The van der Waals surface area contributed by atoms with Crippen LogP contribution in [-0.2, 0) is 4.79 Å². The normalized spacial score (nSPS) is 8.18. The second-order valence-electron chi connectivity index (χ2n) is 2.31. The lowest BCUT2D eigenvalue weighted by atomic mass is 10.2. The third-order valence-electron chi connectivity index (χ3n) is 1.31. The molecule has 0 aliphatic carbocycles. The number of rotatable bonds is 5. The van der Waals surface area contributed by atoms with Crippen LogP contribution in [0.25, 0.3) is 0 Å². The zero-order valence-corrected chi connectivity index (χ0v) is 7.25. The van der Waals surface area contributed by atoms with E-state index in [1.807, 2.05) is 0 Å². The number of hydrogen-bond acceptors (Lipinski definition) is 2. The van der Waals surface area contributed by atoms with E-state index in [1.54, 1.807) is 0 Å². The van der Waals surface area contributed by atoms with Crippen LogP contribution < -0.4 is 5.73 Å². The van der Waals surface area contributed by atoms with Crippen molar-refractivity contribution >= 4 is 6.47 Å². The van der Waals surface area contributed by atoms with Gasteiger partial charge in [0.2, 0.25) is 0 Å². The fourth-order valence-electron chi connectivity index (χ4n) is 0.748. The second kappa shape index (κ2) is 16.2. The van der Waals surface area contributed by atoms with E-state index >= 15 is 0 Å². The molecule has 0 radical (unpaired) electrons. The Bertz CT molecular complexity index is 61.1. The van der Waals surface area contributed by atoms with Crippen molar-refractivity contribution in [2.75, 3.05) is 6.54 Å². The van der Waals surface area contributed by atoms with Crippen molar-refractivity contribution in [3.8, 4) is 0 Å². The molecule has 0 amide bonds. The fraction of sp³-hybridized carbons (Fsp3) is 0.875. The van der Waals surface area contributed by atoms with E-state index < -0.39 is 0 Å². The van der Waals surface area contributed by atoms with Crippen molar-refractivity contribution < 1.29 is 9.90 Å². The van der Waals surface area contributed by atoms with E-state index in [9.17, 15) is 0 Å². The van der Waals surface area contributed by atoms with E-state index in [-0.39, 0.29) is 6.47 Å². The maximum Gasteiger partial charge on any atom is 0.290 e. The molecule has 0 saturated heterocycles. The van der Waals surface area contributed by atoms with Crippen LogP contribution in [-0.4, -0.2) is 18.1 Å². The number of hydrogen-bond donors (Lipinski definition) is 2. The highest BCUT2D eigenvalue weighted by atomic mass is 16.3. The molecule has 0 fully saturated rings. The molecule has 0 unspecified atom stereocenters. The molecule has 0 rings (SSSR count). The van der Waals surface area contributed by atoms with E-state index in [2.05, 4.69) is 6.92 Å². The molecule has 0 bridgehead atoms. The highest BCUT2D eigenvalue weighted by molar-refractivity contribution is 5.32. The van der Waals surface area contributed by atoms with Crippen LogP contribution in [0.3, 0.4) is 0 Å². The first-order valence-electron chi connectivity index (χ1n) is 4.11. The lowest BCUT2D eigenvalue weighted by Crippen LogP contribution is -1.97. The van der Waals surface area contributed by atoms with Crippen molar-refractivity contribution in [3.63, 3.8) is 0 Å². The number of carboxylic acid groups (broad SMARTS) is 1. The number of carbonyl (C=O) groups is 1. The van der Waals surface area contributed by atoms with Gasteiger partial charge in [0.1, 0.15) is 0 Å². The molecule has 0 saturated carbocycles. The predicted molar refractivity (Wildman–Crippen MR) is 46.5 cm³/mol. The summed E-state index contributed by atoms with van der Waals surface area (Å²) in [7, 11) is 0. The van der Waals surface area contributed by atoms with Gasteiger partial charge in [-0.1, -0.05) is 32.6 Å². The summed E-state index contributed by atoms with van der Waals surface area (Å²) in [6.45, 7) is 2.84. The summed E-state index contributed by atoms with van der Waals surface area (Å²) < 4.78 is 0. The molecule has 0 aromatic heterocycles. The Labute approximate surface area is 68.6 Å². The maximum absolute atomic E-state index is 8.36. The molecule has 0 aromatic carbocycles. The first kappa shape index (κ1) is 13.1. The molecule has 3 nitrogen and oxygen atoms in total. The van der Waals surface area contributed by atoms with Gasteiger partial charge in [0.25, 0.3) is 6.47 Å². The van der Waals surface area contributed by atoms with Gasteiger partial charge in [0.15, 0.2) is 0 Å². The third kappa shape index (κ3) is 26.5. The Morgan fingerprint density at radius 1 is 1.27 bits per heavy atom. The molecule has 3 heteroatoms. The Hall–Kier alpha value is -0.570. The van der Waals surface area contributed by atoms with Gasteiger partial charge < -0.3 is 10.8 Å². The largest absolute Gasteiger partial charge is 0.483 e. The molecule has 0 aliphatic heterocycles. The van der Waals surface area contributed by atoms with Gasteiger partial charge >= 0.3 is 0 Å². The smallest absolute Gasteiger partial charge is 0.290 e. The van der Waals surface area contributed by atoms with Gasteiger partial charge in [-0.15, -0.1) is 0 Å². The topological polar surface area (TPSA) is 63.3 Å². The van der Waals surface area contributed by atoms with E-state index in [0.717, 1.165) is 6.54 Å². The van der Waals surface area contributed by atoms with Gasteiger partial charge in [-0.3, -0.25) is 4.79 Å². The van der Waals surface area contributed by atoms with Gasteiger partial charge in [0.05, 0.1) is 0 Å². The van der Waals surface area contributed by atoms with Gasteiger partial charge in [0, 0.05) is 0 Å². The minimum absolute atomic E-state index is 0.250. The lowest BCUT2D eigenvalue weighted by Gasteiger charge is -1.93. The number of nitrogens with two attached hydrogens (primary N) is 1. The van der Waals surface area contributed by atoms with Crippen LogP contribution in [0, 0.1) is 0 Å². The van der Waals surface area contributed by atoms with Crippen LogP contribution in [0.5, 0.6) is 0 Å². The summed E-state index contributed by atoms with van der Waals surface area (Å²) in [6.07, 6.45) is 6.60. The molecule has 0 atom stereocenters. The van der Waals surface area contributed by atoms with Crippen LogP contribution in [0.1, 0.15) is 39.0 Å². The maximum atomic E-state index is 8.36. The first-order valence-corrected chi connectivity index (χ1v) is 4.11. The van der Waals surface area contributed by atoms with Gasteiger partial charge in [-0.05, 0) is 13.0 Å². The highest BCUT2D eigenvalue weighted by Crippen LogP contribution is 2.00. The summed E-state index contributed by atoms with van der Waals surface area (Å²) in [6, 6.07) is 0.